The lowest BCUT2D eigenvalue weighted by molar-refractivity contribution is 0.102. The maximum atomic E-state index is 13.3. The second-order valence-electron chi connectivity index (χ2n) is 7.79. The molecule has 10 nitrogen and oxygen atoms in total. The molecule has 1 amide bonds. The largest absolute Gasteiger partial charge is 0.505 e. The van der Waals surface area contributed by atoms with Gasteiger partial charge in [0.05, 0.1) is 18.3 Å². The van der Waals surface area contributed by atoms with E-state index in [1.54, 1.807) is 30.3 Å². The summed E-state index contributed by atoms with van der Waals surface area (Å²) in [6.07, 6.45) is 4.41. The number of azo groups is 1. The van der Waals surface area contributed by atoms with E-state index in [-0.39, 0.29) is 34.5 Å². The second kappa shape index (κ2) is 9.44. The number of carbonyl (C=O) groups excluding carboxylic acids is 1. The van der Waals surface area contributed by atoms with Crippen molar-refractivity contribution < 1.29 is 9.90 Å². The summed E-state index contributed by atoms with van der Waals surface area (Å²) in [5.74, 6) is -0.526. The van der Waals surface area contributed by atoms with Gasteiger partial charge in [-0.3, -0.25) is 4.79 Å². The molecule has 0 aliphatic heterocycles. The molecule has 3 aromatic carbocycles. The van der Waals surface area contributed by atoms with Crippen molar-refractivity contribution in [2.75, 3.05) is 5.32 Å². The number of phenolic OH excluding ortho intramolecular Hbond substituents is 1. The van der Waals surface area contributed by atoms with Gasteiger partial charge in [0.1, 0.15) is 5.69 Å². The molecule has 2 N–H and O–H groups in total. The Labute approximate surface area is 205 Å². The Hall–Kier alpha value is -5.43. The molecule has 0 fully saturated rings. The lowest BCUT2D eigenvalue weighted by atomic mass is 10.0. The fraction of sp³-hybridized carbons (Fsp3) is 0.0385. The number of carbonyl (C=O) groups is 1. The Morgan fingerprint density at radius 2 is 1.86 bits per heavy atom. The highest BCUT2D eigenvalue weighted by Gasteiger charge is 2.20. The van der Waals surface area contributed by atoms with Gasteiger partial charge in [0.15, 0.2) is 11.6 Å². The highest BCUT2D eigenvalue weighted by molar-refractivity contribution is 6.16. The molecular weight excluding hydrogens is 456 g/mol. The summed E-state index contributed by atoms with van der Waals surface area (Å²) < 4.78 is 1.28. The van der Waals surface area contributed by atoms with Crippen molar-refractivity contribution in [1.29, 1.82) is 0 Å². The van der Waals surface area contributed by atoms with Gasteiger partial charge in [-0.2, -0.15) is 9.78 Å². The summed E-state index contributed by atoms with van der Waals surface area (Å²) in [6.45, 7) is 9.36. The molecule has 0 saturated carbocycles. The van der Waals surface area contributed by atoms with Gasteiger partial charge < -0.3 is 10.4 Å². The molecule has 5 rings (SSSR count). The van der Waals surface area contributed by atoms with Crippen LogP contribution in [0.4, 0.5) is 22.9 Å². The molecule has 0 aliphatic rings. The SMILES string of the molecule is [C-]#[N+]c1cnn(-c2ncccn2)c1N=Nc1cc2ccccc2c(C(=O)Nc2cccc(C)c2)c1O. The maximum absolute atomic E-state index is 13.3. The first kappa shape index (κ1) is 22.4. The number of aryl methyl sites for hydroxylation is 1. The predicted molar refractivity (Wildman–Crippen MR) is 134 cm³/mol. The molecule has 174 valence electrons. The number of aromatic nitrogens is 4. The van der Waals surface area contributed by atoms with Crippen LogP contribution in [0, 0.1) is 13.5 Å². The molecule has 5 aromatic rings. The summed E-state index contributed by atoms with van der Waals surface area (Å²) in [4.78, 5) is 25.0. The molecule has 0 saturated heterocycles. The average Bonchev–Trinajstić information content (AvgIpc) is 3.31. The number of phenols is 1. The summed E-state index contributed by atoms with van der Waals surface area (Å²) in [6, 6.07) is 17.8. The fourth-order valence-electron chi connectivity index (χ4n) is 3.70. The average molecular weight is 474 g/mol. The van der Waals surface area contributed by atoms with E-state index < -0.39 is 5.91 Å². The third-order valence-corrected chi connectivity index (χ3v) is 5.34. The summed E-state index contributed by atoms with van der Waals surface area (Å²) in [7, 11) is 0. The van der Waals surface area contributed by atoms with Crippen molar-refractivity contribution in [2.45, 2.75) is 6.92 Å². The minimum atomic E-state index is -0.490. The van der Waals surface area contributed by atoms with E-state index in [1.807, 2.05) is 37.3 Å². The fourth-order valence-corrected chi connectivity index (χ4v) is 3.70. The van der Waals surface area contributed by atoms with Crippen LogP contribution in [0.5, 0.6) is 5.75 Å². The van der Waals surface area contributed by atoms with Crippen molar-refractivity contribution in [3.63, 3.8) is 0 Å². The minimum absolute atomic E-state index is 0.0563. The van der Waals surface area contributed by atoms with Gasteiger partial charge in [0.25, 0.3) is 17.5 Å². The Bertz CT molecular complexity index is 1670. The van der Waals surface area contributed by atoms with Crippen LogP contribution < -0.4 is 5.32 Å². The molecule has 2 aromatic heterocycles. The number of hydrogen-bond donors (Lipinski definition) is 2. The number of benzene rings is 3. The minimum Gasteiger partial charge on any atom is -0.505 e. The van der Waals surface area contributed by atoms with E-state index in [4.69, 9.17) is 6.57 Å². The van der Waals surface area contributed by atoms with Crippen LogP contribution in [-0.4, -0.2) is 30.8 Å². The van der Waals surface area contributed by atoms with E-state index >= 15 is 0 Å². The number of hydrogen-bond acceptors (Lipinski definition) is 7. The van der Waals surface area contributed by atoms with E-state index in [9.17, 15) is 9.90 Å². The van der Waals surface area contributed by atoms with Crippen LogP contribution in [0.3, 0.4) is 0 Å². The second-order valence-corrected chi connectivity index (χ2v) is 7.79. The first-order chi connectivity index (χ1) is 17.5. The number of amides is 1. The third kappa shape index (κ3) is 4.24. The number of aromatic hydroxyl groups is 1. The molecule has 36 heavy (non-hydrogen) atoms. The highest BCUT2D eigenvalue weighted by Crippen LogP contribution is 2.39. The summed E-state index contributed by atoms with van der Waals surface area (Å²) >= 11 is 0. The summed E-state index contributed by atoms with van der Waals surface area (Å²) in [5, 5.41) is 27.7. The molecule has 2 heterocycles. The normalized spacial score (nSPS) is 11.0. The Kier molecular flexibility index (Phi) is 5.86. The molecule has 0 aliphatic carbocycles. The predicted octanol–water partition coefficient (Wildman–Crippen LogP) is 6.05. The van der Waals surface area contributed by atoms with Gasteiger partial charge in [-0.05, 0) is 47.5 Å². The van der Waals surface area contributed by atoms with Gasteiger partial charge in [0.2, 0.25) is 0 Å². The van der Waals surface area contributed by atoms with Crippen molar-refractivity contribution >= 4 is 39.6 Å². The molecule has 10 heteroatoms. The van der Waals surface area contributed by atoms with Crippen molar-refractivity contribution in [2.24, 2.45) is 10.2 Å². The highest BCUT2D eigenvalue weighted by atomic mass is 16.3. The van der Waals surface area contributed by atoms with Gasteiger partial charge >= 0.3 is 0 Å². The van der Waals surface area contributed by atoms with Gasteiger partial charge in [-0.1, -0.05) is 36.4 Å². The van der Waals surface area contributed by atoms with Crippen molar-refractivity contribution in [3.8, 4) is 11.7 Å². The van der Waals surface area contributed by atoms with Crippen LogP contribution in [0.25, 0.3) is 21.6 Å². The van der Waals surface area contributed by atoms with Crippen LogP contribution in [0.2, 0.25) is 0 Å². The number of rotatable bonds is 5. The quantitative estimate of drug-likeness (QED) is 0.237. The zero-order valence-corrected chi connectivity index (χ0v) is 19.0. The van der Waals surface area contributed by atoms with E-state index in [0.29, 0.717) is 16.5 Å². The zero-order valence-electron chi connectivity index (χ0n) is 19.0. The zero-order chi connectivity index (χ0) is 25.1. The standard InChI is InChI=1S/C26H18N8O2/c1-16-7-5-9-18(13-16)31-25(36)22-19-10-4-3-8-17(19)14-20(23(22)35)32-33-24-21(27-2)15-30-34(24)26-28-11-6-12-29-26/h3-15,35H,1H3,(H,31,36). The molecule has 0 atom stereocenters. The van der Waals surface area contributed by atoms with Crippen molar-refractivity contribution in [1.82, 2.24) is 19.7 Å². The Morgan fingerprint density at radius 3 is 2.64 bits per heavy atom. The van der Waals surface area contributed by atoms with Crippen molar-refractivity contribution in [3.05, 3.63) is 102 Å². The first-order valence-electron chi connectivity index (χ1n) is 10.8. The van der Waals surface area contributed by atoms with E-state index in [0.717, 1.165) is 5.56 Å². The van der Waals surface area contributed by atoms with Gasteiger partial charge in [-0.15, -0.1) is 10.2 Å². The number of anilines is 1. The number of nitrogens with one attached hydrogen (secondary N) is 1. The molecule has 0 bridgehead atoms. The molecular formula is C26H18N8O2. The number of nitrogens with zero attached hydrogens (tertiary/aromatic N) is 7. The van der Waals surface area contributed by atoms with Crippen LogP contribution in [0.15, 0.2) is 89.5 Å². The van der Waals surface area contributed by atoms with Gasteiger partial charge in [0, 0.05) is 18.1 Å². The lowest BCUT2D eigenvalue weighted by Crippen LogP contribution is -2.13. The molecule has 0 unspecified atom stereocenters. The maximum Gasteiger partial charge on any atom is 0.260 e. The third-order valence-electron chi connectivity index (χ3n) is 5.34. The first-order valence-corrected chi connectivity index (χ1v) is 10.8. The Balaban J connectivity index is 1.60. The van der Waals surface area contributed by atoms with Crippen LogP contribution in [0.1, 0.15) is 15.9 Å². The Morgan fingerprint density at radius 1 is 1.06 bits per heavy atom. The van der Waals surface area contributed by atoms with Crippen LogP contribution >= 0.6 is 0 Å². The topological polar surface area (TPSA) is 122 Å². The van der Waals surface area contributed by atoms with E-state index in [2.05, 4.69) is 35.5 Å². The number of fused-ring (bicyclic) bond motifs is 1. The molecule has 0 spiro atoms. The van der Waals surface area contributed by atoms with Crippen LogP contribution in [-0.2, 0) is 0 Å². The smallest absolute Gasteiger partial charge is 0.260 e. The lowest BCUT2D eigenvalue weighted by Gasteiger charge is -2.12. The van der Waals surface area contributed by atoms with E-state index in [1.165, 1.54) is 23.3 Å². The van der Waals surface area contributed by atoms with Gasteiger partial charge in [-0.25, -0.2) is 14.8 Å². The summed E-state index contributed by atoms with van der Waals surface area (Å²) in [5.41, 5.74) is 1.83. The molecule has 0 radical (unpaired) electrons. The monoisotopic (exact) mass is 474 g/mol.